The number of hydrogen-bond acceptors (Lipinski definition) is 2. The van der Waals surface area contributed by atoms with Gasteiger partial charge in [-0.15, -0.1) is 0 Å². The van der Waals surface area contributed by atoms with Gasteiger partial charge in [0.2, 0.25) is 0 Å². The van der Waals surface area contributed by atoms with E-state index >= 15 is 0 Å². The number of nitrogens with zero attached hydrogens (tertiary/aromatic N) is 2. The summed E-state index contributed by atoms with van der Waals surface area (Å²) in [5.41, 5.74) is 2.91. The second kappa shape index (κ2) is 7.09. The molecule has 132 valence electrons. The number of piperazine rings is 1. The summed E-state index contributed by atoms with van der Waals surface area (Å²) in [4.78, 5) is 15.8. The van der Waals surface area contributed by atoms with Gasteiger partial charge in [0.15, 0.2) is 0 Å². The van der Waals surface area contributed by atoms with Crippen LogP contribution in [0.3, 0.4) is 0 Å². The number of benzene rings is 2. The lowest BCUT2D eigenvalue weighted by Crippen LogP contribution is -2.50. The molecule has 1 aliphatic rings. The van der Waals surface area contributed by atoms with Crippen molar-refractivity contribution < 1.29 is 13.6 Å². The van der Waals surface area contributed by atoms with Gasteiger partial charge >= 0.3 is 6.03 Å². The fraction of sp³-hybridized carbons (Fsp3) is 0.316. The Morgan fingerprint density at radius 1 is 0.960 bits per heavy atom. The van der Waals surface area contributed by atoms with Gasteiger partial charge in [0.25, 0.3) is 0 Å². The van der Waals surface area contributed by atoms with E-state index in [0.29, 0.717) is 26.2 Å². The van der Waals surface area contributed by atoms with E-state index in [1.165, 1.54) is 18.2 Å². The highest BCUT2D eigenvalue weighted by Crippen LogP contribution is 2.24. The minimum absolute atomic E-state index is 0.0166. The number of amides is 2. The molecule has 2 aromatic rings. The van der Waals surface area contributed by atoms with Gasteiger partial charge < -0.3 is 15.1 Å². The molecule has 1 N–H and O–H groups in total. The zero-order valence-corrected chi connectivity index (χ0v) is 14.4. The standard InChI is InChI=1S/C19H21F2N3O/c1-13-5-3-8-17(14(13)2)22-19(25)24-11-9-23(10-12-24)18-15(20)6-4-7-16(18)21/h3-8H,9-12H2,1-2H3,(H,22,25). The molecule has 3 rings (SSSR count). The van der Waals surface area contributed by atoms with Gasteiger partial charge in [-0.2, -0.15) is 0 Å². The molecular weight excluding hydrogens is 324 g/mol. The quantitative estimate of drug-likeness (QED) is 0.895. The fourth-order valence-corrected chi connectivity index (χ4v) is 3.01. The minimum atomic E-state index is -0.576. The maximum absolute atomic E-state index is 13.9. The smallest absolute Gasteiger partial charge is 0.321 e. The predicted octanol–water partition coefficient (Wildman–Crippen LogP) is 3.94. The highest BCUT2D eigenvalue weighted by atomic mass is 19.1. The van der Waals surface area contributed by atoms with Gasteiger partial charge in [0.05, 0.1) is 0 Å². The highest BCUT2D eigenvalue weighted by Gasteiger charge is 2.25. The van der Waals surface area contributed by atoms with Crippen molar-refractivity contribution in [1.82, 2.24) is 4.90 Å². The third kappa shape index (κ3) is 3.57. The SMILES string of the molecule is Cc1cccc(NC(=O)N2CCN(c3c(F)cccc3F)CC2)c1C. The molecule has 0 radical (unpaired) electrons. The van der Waals surface area contributed by atoms with Crippen molar-refractivity contribution in [2.75, 3.05) is 36.4 Å². The first-order valence-electron chi connectivity index (χ1n) is 8.28. The van der Waals surface area contributed by atoms with Gasteiger partial charge in [-0.05, 0) is 43.2 Å². The van der Waals surface area contributed by atoms with Crippen molar-refractivity contribution in [3.63, 3.8) is 0 Å². The van der Waals surface area contributed by atoms with Gasteiger partial charge in [-0.25, -0.2) is 13.6 Å². The van der Waals surface area contributed by atoms with Crippen LogP contribution in [-0.2, 0) is 0 Å². The van der Waals surface area contributed by atoms with Gasteiger partial charge in [0, 0.05) is 31.9 Å². The summed E-state index contributed by atoms with van der Waals surface area (Å²) in [5, 5.41) is 2.92. The van der Waals surface area contributed by atoms with Gasteiger partial charge in [-0.3, -0.25) is 0 Å². The summed E-state index contributed by atoms with van der Waals surface area (Å²) >= 11 is 0. The van der Waals surface area contributed by atoms with E-state index in [1.807, 2.05) is 32.0 Å². The largest absolute Gasteiger partial charge is 0.363 e. The van der Waals surface area contributed by atoms with Crippen LogP contribution in [0.2, 0.25) is 0 Å². The van der Waals surface area contributed by atoms with Crippen molar-refractivity contribution in [1.29, 1.82) is 0 Å². The first-order chi connectivity index (χ1) is 12.0. The van der Waals surface area contributed by atoms with Gasteiger partial charge in [-0.1, -0.05) is 18.2 Å². The summed E-state index contributed by atoms with van der Waals surface area (Å²) in [5.74, 6) is -1.15. The molecule has 0 aliphatic carbocycles. The number of para-hydroxylation sites is 1. The van der Waals surface area contributed by atoms with Crippen molar-refractivity contribution in [3.8, 4) is 0 Å². The van der Waals surface area contributed by atoms with E-state index in [1.54, 1.807) is 9.80 Å². The molecular formula is C19H21F2N3O. The third-order valence-corrected chi connectivity index (χ3v) is 4.67. The maximum Gasteiger partial charge on any atom is 0.321 e. The first-order valence-corrected chi connectivity index (χ1v) is 8.28. The van der Waals surface area contributed by atoms with Crippen molar-refractivity contribution >= 4 is 17.4 Å². The van der Waals surface area contributed by atoms with Gasteiger partial charge in [0.1, 0.15) is 17.3 Å². The zero-order valence-electron chi connectivity index (χ0n) is 14.4. The summed E-state index contributed by atoms with van der Waals surface area (Å²) in [7, 11) is 0. The van der Waals surface area contributed by atoms with E-state index in [-0.39, 0.29) is 11.7 Å². The summed E-state index contributed by atoms with van der Waals surface area (Å²) < 4.78 is 27.8. The molecule has 0 unspecified atom stereocenters. The Kier molecular flexibility index (Phi) is 4.88. The molecule has 4 nitrogen and oxygen atoms in total. The molecule has 1 heterocycles. The molecule has 0 atom stereocenters. The molecule has 0 aromatic heterocycles. The van der Waals surface area contributed by atoms with Crippen LogP contribution in [0, 0.1) is 25.5 Å². The number of nitrogens with one attached hydrogen (secondary N) is 1. The Balaban J connectivity index is 1.64. The average molecular weight is 345 g/mol. The summed E-state index contributed by atoms with van der Waals surface area (Å²) in [6.07, 6.45) is 0. The van der Waals surface area contributed by atoms with Crippen LogP contribution < -0.4 is 10.2 Å². The predicted molar refractivity (Wildman–Crippen MR) is 95.1 cm³/mol. The van der Waals surface area contributed by atoms with E-state index in [2.05, 4.69) is 5.32 Å². The van der Waals surface area contributed by atoms with Crippen LogP contribution in [-0.4, -0.2) is 37.1 Å². The number of hydrogen-bond donors (Lipinski definition) is 1. The molecule has 0 spiro atoms. The molecule has 1 aliphatic heterocycles. The molecule has 1 fully saturated rings. The summed E-state index contributed by atoms with van der Waals surface area (Å²) in [6, 6.07) is 9.41. The third-order valence-electron chi connectivity index (χ3n) is 4.67. The number of aryl methyl sites for hydroxylation is 1. The van der Waals surface area contributed by atoms with Crippen LogP contribution in [0.1, 0.15) is 11.1 Å². The Bertz CT molecular complexity index is 766. The van der Waals surface area contributed by atoms with Crippen LogP contribution in [0.25, 0.3) is 0 Å². The number of rotatable bonds is 2. The second-order valence-electron chi connectivity index (χ2n) is 6.22. The molecule has 0 saturated carbocycles. The van der Waals surface area contributed by atoms with E-state index in [4.69, 9.17) is 0 Å². The summed E-state index contributed by atoms with van der Waals surface area (Å²) in [6.45, 7) is 5.54. The monoisotopic (exact) mass is 345 g/mol. The minimum Gasteiger partial charge on any atom is -0.363 e. The lowest BCUT2D eigenvalue weighted by molar-refractivity contribution is 0.208. The molecule has 25 heavy (non-hydrogen) atoms. The molecule has 2 aromatic carbocycles. The van der Waals surface area contributed by atoms with E-state index < -0.39 is 11.6 Å². The Morgan fingerprint density at radius 2 is 1.56 bits per heavy atom. The Hall–Kier alpha value is -2.63. The van der Waals surface area contributed by atoms with Crippen LogP contribution in [0.5, 0.6) is 0 Å². The van der Waals surface area contributed by atoms with Crippen molar-refractivity contribution in [3.05, 3.63) is 59.2 Å². The number of carbonyl (C=O) groups excluding carboxylic acids is 1. The molecule has 6 heteroatoms. The van der Waals surface area contributed by atoms with E-state index in [9.17, 15) is 13.6 Å². The molecule has 0 bridgehead atoms. The zero-order chi connectivity index (χ0) is 18.0. The van der Waals surface area contributed by atoms with Crippen LogP contribution in [0.15, 0.2) is 36.4 Å². The fourth-order valence-electron chi connectivity index (χ4n) is 3.01. The Morgan fingerprint density at radius 3 is 2.20 bits per heavy atom. The molecule has 1 saturated heterocycles. The number of anilines is 2. The van der Waals surface area contributed by atoms with Crippen LogP contribution in [0.4, 0.5) is 25.0 Å². The van der Waals surface area contributed by atoms with Crippen molar-refractivity contribution in [2.24, 2.45) is 0 Å². The number of carbonyl (C=O) groups is 1. The topological polar surface area (TPSA) is 35.6 Å². The van der Waals surface area contributed by atoms with Crippen LogP contribution >= 0.6 is 0 Å². The number of halogens is 2. The first kappa shape index (κ1) is 17.2. The maximum atomic E-state index is 13.9. The van der Waals surface area contributed by atoms with E-state index in [0.717, 1.165) is 16.8 Å². The Labute approximate surface area is 146 Å². The lowest BCUT2D eigenvalue weighted by atomic mass is 10.1. The second-order valence-corrected chi connectivity index (χ2v) is 6.22. The number of urea groups is 1. The van der Waals surface area contributed by atoms with Crippen molar-refractivity contribution in [2.45, 2.75) is 13.8 Å². The molecule has 2 amide bonds. The normalized spacial score (nSPS) is 14.6. The highest BCUT2D eigenvalue weighted by molar-refractivity contribution is 5.90. The lowest BCUT2D eigenvalue weighted by Gasteiger charge is -2.36. The average Bonchev–Trinajstić information content (AvgIpc) is 2.59.